The normalized spacial score (nSPS) is 27.7. The predicted molar refractivity (Wildman–Crippen MR) is 106 cm³/mol. The Labute approximate surface area is 173 Å². The molecule has 2 aromatic rings. The van der Waals surface area contributed by atoms with Gasteiger partial charge in [-0.3, -0.25) is 14.4 Å². The van der Waals surface area contributed by atoms with Crippen LogP contribution in [0.4, 0.5) is 0 Å². The molecule has 156 valence electrons. The number of piperidine rings is 1. The van der Waals surface area contributed by atoms with Gasteiger partial charge in [0.05, 0.1) is 6.26 Å². The Morgan fingerprint density at radius 1 is 1.07 bits per heavy atom. The topological polar surface area (TPSA) is 92.1 Å². The Morgan fingerprint density at radius 3 is 2.53 bits per heavy atom. The molecule has 2 fully saturated rings. The predicted octanol–water partition coefficient (Wildman–Crippen LogP) is 1.59. The molecule has 8 heteroatoms. The summed E-state index contributed by atoms with van der Waals surface area (Å²) >= 11 is 0. The van der Waals surface area contributed by atoms with E-state index in [-0.39, 0.29) is 23.6 Å². The highest BCUT2D eigenvalue weighted by Gasteiger charge is 2.52. The van der Waals surface area contributed by atoms with Crippen LogP contribution >= 0.6 is 0 Å². The van der Waals surface area contributed by atoms with Crippen molar-refractivity contribution in [1.82, 2.24) is 15.1 Å². The summed E-state index contributed by atoms with van der Waals surface area (Å²) in [6, 6.07) is 10.9. The van der Waals surface area contributed by atoms with Crippen LogP contribution in [0.25, 0.3) is 0 Å². The summed E-state index contributed by atoms with van der Waals surface area (Å²) in [6.07, 6.45) is 2.01. The molecule has 0 unspecified atom stereocenters. The van der Waals surface area contributed by atoms with Crippen molar-refractivity contribution in [2.24, 2.45) is 5.92 Å². The maximum absolute atomic E-state index is 13.4. The van der Waals surface area contributed by atoms with E-state index in [0.29, 0.717) is 44.1 Å². The molecule has 3 aliphatic rings. The number of nitrogens with one attached hydrogen (secondary N) is 1. The van der Waals surface area contributed by atoms with Gasteiger partial charge in [-0.15, -0.1) is 0 Å². The zero-order chi connectivity index (χ0) is 20.9. The summed E-state index contributed by atoms with van der Waals surface area (Å²) in [6.45, 7) is 3.42. The smallest absolute Gasteiger partial charge is 0.289 e. The Kier molecular flexibility index (Phi) is 4.30. The van der Waals surface area contributed by atoms with E-state index < -0.39 is 11.6 Å². The number of nitrogens with zero attached hydrogens (tertiary/aromatic N) is 2. The summed E-state index contributed by atoms with van der Waals surface area (Å²) in [4.78, 5) is 42.1. The summed E-state index contributed by atoms with van der Waals surface area (Å²) < 4.78 is 11.2. The molecular weight excluding hydrogens is 386 g/mol. The van der Waals surface area contributed by atoms with Crippen molar-refractivity contribution >= 4 is 17.7 Å². The van der Waals surface area contributed by atoms with E-state index in [4.69, 9.17) is 9.15 Å². The Hall–Kier alpha value is -3.29. The number of benzene rings is 1. The van der Waals surface area contributed by atoms with E-state index in [2.05, 4.69) is 5.32 Å². The molecule has 0 radical (unpaired) electrons. The van der Waals surface area contributed by atoms with Gasteiger partial charge in [0.1, 0.15) is 11.7 Å². The second-order valence-corrected chi connectivity index (χ2v) is 8.24. The zero-order valence-corrected chi connectivity index (χ0v) is 16.7. The molecule has 1 aromatic heterocycles. The number of hydrogen-bond donors (Lipinski definition) is 1. The SMILES string of the molecule is C[C@]12C[C@@H](c3ccccc3O1)[C@H](C(=O)N1CCN(C(=O)c3ccco3)CC1)C(=O)N2. The van der Waals surface area contributed by atoms with Crippen LogP contribution in [-0.2, 0) is 9.59 Å². The number of carbonyl (C=O) groups is 3. The van der Waals surface area contributed by atoms with Crippen molar-refractivity contribution in [1.29, 1.82) is 0 Å². The van der Waals surface area contributed by atoms with Gasteiger partial charge in [0.25, 0.3) is 5.91 Å². The number of piperazine rings is 1. The van der Waals surface area contributed by atoms with Crippen LogP contribution in [0.1, 0.15) is 35.4 Å². The van der Waals surface area contributed by atoms with Gasteiger partial charge in [-0.25, -0.2) is 0 Å². The van der Waals surface area contributed by atoms with E-state index in [9.17, 15) is 14.4 Å². The van der Waals surface area contributed by atoms with Crippen molar-refractivity contribution in [2.75, 3.05) is 26.2 Å². The Bertz CT molecular complexity index is 996. The van der Waals surface area contributed by atoms with Gasteiger partial charge in [-0.1, -0.05) is 18.2 Å². The number of furan rings is 1. The molecule has 0 spiro atoms. The Morgan fingerprint density at radius 2 is 1.80 bits per heavy atom. The number of ether oxygens (including phenoxy) is 1. The standard InChI is InChI=1S/C22H23N3O5/c1-22-13-15(14-5-2-3-6-16(14)30-22)18(19(26)23-22)21(28)25-10-8-24(9-11-25)20(27)17-7-4-12-29-17/h2-7,12,15,18H,8-11,13H2,1H3,(H,23,26)/t15-,18-,22+/m0/s1. The minimum Gasteiger partial charge on any atom is -0.468 e. The third-order valence-corrected chi connectivity index (χ3v) is 6.21. The van der Waals surface area contributed by atoms with E-state index in [1.807, 2.05) is 31.2 Å². The molecule has 30 heavy (non-hydrogen) atoms. The lowest BCUT2D eigenvalue weighted by molar-refractivity contribution is -0.153. The molecule has 3 amide bonds. The third-order valence-electron chi connectivity index (χ3n) is 6.21. The van der Waals surface area contributed by atoms with Crippen LogP contribution in [0.5, 0.6) is 5.75 Å². The maximum Gasteiger partial charge on any atom is 0.289 e. The fraction of sp³-hybridized carbons (Fsp3) is 0.409. The molecule has 2 saturated heterocycles. The highest BCUT2D eigenvalue weighted by atomic mass is 16.5. The van der Waals surface area contributed by atoms with Crippen LogP contribution in [0.2, 0.25) is 0 Å². The first-order chi connectivity index (χ1) is 14.5. The average molecular weight is 409 g/mol. The molecule has 1 aromatic carbocycles. The summed E-state index contributed by atoms with van der Waals surface area (Å²) in [5.41, 5.74) is 0.0934. The molecule has 4 heterocycles. The van der Waals surface area contributed by atoms with Gasteiger partial charge in [0, 0.05) is 38.5 Å². The van der Waals surface area contributed by atoms with Gasteiger partial charge in [-0.05, 0) is 30.7 Å². The average Bonchev–Trinajstić information content (AvgIpc) is 3.27. The van der Waals surface area contributed by atoms with E-state index in [1.165, 1.54) is 6.26 Å². The zero-order valence-electron chi connectivity index (χ0n) is 16.7. The second-order valence-electron chi connectivity index (χ2n) is 8.24. The molecular formula is C22H23N3O5. The number of hydrogen-bond acceptors (Lipinski definition) is 5. The first kappa shape index (κ1) is 18.7. The molecule has 8 nitrogen and oxygen atoms in total. The van der Waals surface area contributed by atoms with Gasteiger partial charge in [0.15, 0.2) is 11.5 Å². The second kappa shape index (κ2) is 6.90. The fourth-order valence-corrected chi connectivity index (χ4v) is 4.76. The Balaban J connectivity index is 1.33. The summed E-state index contributed by atoms with van der Waals surface area (Å²) in [7, 11) is 0. The van der Waals surface area contributed by atoms with Crippen molar-refractivity contribution < 1.29 is 23.5 Å². The number of para-hydroxylation sites is 1. The lowest BCUT2D eigenvalue weighted by Crippen LogP contribution is -2.64. The fourth-order valence-electron chi connectivity index (χ4n) is 4.76. The highest BCUT2D eigenvalue weighted by Crippen LogP contribution is 2.47. The number of fused-ring (bicyclic) bond motifs is 4. The van der Waals surface area contributed by atoms with Crippen molar-refractivity contribution in [2.45, 2.75) is 25.0 Å². The minimum absolute atomic E-state index is 0.184. The van der Waals surface area contributed by atoms with Gasteiger partial charge < -0.3 is 24.3 Å². The van der Waals surface area contributed by atoms with Crippen molar-refractivity contribution in [3.8, 4) is 5.75 Å². The van der Waals surface area contributed by atoms with E-state index >= 15 is 0 Å². The molecule has 3 aliphatic heterocycles. The minimum atomic E-state index is -0.805. The van der Waals surface area contributed by atoms with Crippen LogP contribution in [0, 0.1) is 5.92 Å². The summed E-state index contributed by atoms with van der Waals surface area (Å²) in [5.74, 6) is -0.706. The van der Waals surface area contributed by atoms with E-state index in [1.54, 1.807) is 21.9 Å². The van der Waals surface area contributed by atoms with Gasteiger partial charge in [0.2, 0.25) is 11.8 Å². The largest absolute Gasteiger partial charge is 0.468 e. The molecule has 2 bridgehead atoms. The van der Waals surface area contributed by atoms with Gasteiger partial charge in [-0.2, -0.15) is 0 Å². The molecule has 0 aliphatic carbocycles. The monoisotopic (exact) mass is 409 g/mol. The van der Waals surface area contributed by atoms with E-state index in [0.717, 1.165) is 5.56 Å². The number of carbonyl (C=O) groups excluding carboxylic acids is 3. The van der Waals surface area contributed by atoms with Crippen LogP contribution in [-0.4, -0.2) is 59.4 Å². The molecule has 1 N–H and O–H groups in total. The van der Waals surface area contributed by atoms with Crippen molar-refractivity contribution in [3.05, 3.63) is 54.0 Å². The number of amides is 3. The molecule has 3 atom stereocenters. The maximum atomic E-state index is 13.4. The van der Waals surface area contributed by atoms with Crippen LogP contribution in [0.15, 0.2) is 47.1 Å². The first-order valence-electron chi connectivity index (χ1n) is 10.2. The third kappa shape index (κ3) is 3.03. The van der Waals surface area contributed by atoms with Crippen molar-refractivity contribution in [3.63, 3.8) is 0 Å². The lowest BCUT2D eigenvalue weighted by Gasteiger charge is -2.48. The van der Waals surface area contributed by atoms with Gasteiger partial charge >= 0.3 is 0 Å². The number of rotatable bonds is 2. The molecule has 5 rings (SSSR count). The quantitative estimate of drug-likeness (QED) is 0.761. The van der Waals surface area contributed by atoms with Crippen LogP contribution in [0.3, 0.4) is 0 Å². The van der Waals surface area contributed by atoms with Crippen LogP contribution < -0.4 is 10.1 Å². The molecule has 0 saturated carbocycles. The first-order valence-corrected chi connectivity index (χ1v) is 10.2. The summed E-state index contributed by atoms with van der Waals surface area (Å²) in [5, 5.41) is 2.90. The lowest BCUT2D eigenvalue weighted by atomic mass is 9.74. The highest BCUT2D eigenvalue weighted by molar-refractivity contribution is 6.02.